The highest BCUT2D eigenvalue weighted by Crippen LogP contribution is 2.33. The molecular weight excluding hydrogens is 1000 g/mol. The van der Waals surface area contributed by atoms with E-state index >= 15 is 0 Å². The Labute approximate surface area is 430 Å². The number of benzene rings is 1. The molecule has 2 rings (SSSR count). The van der Waals surface area contributed by atoms with Crippen molar-refractivity contribution in [3.05, 3.63) is 62.5 Å². The van der Waals surface area contributed by atoms with Crippen molar-refractivity contribution in [1.82, 2.24) is 25.4 Å². The van der Waals surface area contributed by atoms with Gasteiger partial charge in [-0.3, -0.25) is 43.2 Å². The van der Waals surface area contributed by atoms with E-state index in [9.17, 15) is 48.3 Å². The van der Waals surface area contributed by atoms with Gasteiger partial charge < -0.3 is 39.8 Å². The predicted molar refractivity (Wildman–Crippen MR) is 271 cm³/mol. The fourth-order valence-corrected chi connectivity index (χ4v) is 8.86. The molecule has 0 saturated carbocycles. The number of amides is 4. The number of Topliss-reactive ketones (excluding diaryl/α,β-unsaturated/α-hetero) is 1. The molecule has 2 aromatic rings. The first kappa shape index (κ1) is 61.8. The molecule has 3 N–H and O–H groups in total. The highest BCUT2D eigenvalue weighted by molar-refractivity contribution is 9.12. The number of ketones is 2. The lowest BCUT2D eigenvalue weighted by atomic mass is 9.81. The van der Waals surface area contributed by atoms with E-state index in [1.165, 1.54) is 26.0 Å². The number of aromatic nitrogens is 1. The molecule has 0 aliphatic carbocycles. The second kappa shape index (κ2) is 30.5. The van der Waals surface area contributed by atoms with Crippen LogP contribution in [0.4, 0.5) is 0 Å². The Morgan fingerprint density at radius 3 is 2.20 bits per heavy atom. The number of aliphatic carboxylic acids is 1. The Bertz CT molecular complexity index is 2160. The monoisotopic (exact) mass is 1080 g/mol. The van der Waals surface area contributed by atoms with Gasteiger partial charge in [0.1, 0.15) is 10.7 Å². The predicted octanol–water partition coefficient (Wildman–Crippen LogP) is 6.64. The van der Waals surface area contributed by atoms with Crippen molar-refractivity contribution in [2.75, 3.05) is 41.0 Å². The molecule has 20 heteroatoms. The van der Waals surface area contributed by atoms with E-state index < -0.39 is 65.3 Å². The van der Waals surface area contributed by atoms with Crippen molar-refractivity contribution in [3.63, 3.8) is 0 Å². The maximum absolute atomic E-state index is 14.6. The van der Waals surface area contributed by atoms with Gasteiger partial charge in [-0.05, 0) is 66.4 Å². The van der Waals surface area contributed by atoms with E-state index in [0.717, 1.165) is 23.0 Å². The summed E-state index contributed by atoms with van der Waals surface area (Å²) in [5.74, 6) is -6.23. The highest BCUT2D eigenvalue weighted by Gasteiger charge is 2.41. The fourth-order valence-electron chi connectivity index (χ4n) is 7.63. The number of allylic oxidation sites excluding steroid dienone is 1. The van der Waals surface area contributed by atoms with Crippen molar-refractivity contribution in [3.8, 4) is 0 Å². The molecule has 71 heavy (non-hydrogen) atoms. The van der Waals surface area contributed by atoms with E-state index in [2.05, 4.69) is 36.3 Å². The third-order valence-corrected chi connectivity index (χ3v) is 14.1. The maximum Gasteiger partial charge on any atom is 0.307 e. The Morgan fingerprint density at radius 1 is 0.944 bits per heavy atom. The van der Waals surface area contributed by atoms with Gasteiger partial charge in [-0.25, -0.2) is 4.98 Å². The van der Waals surface area contributed by atoms with Crippen molar-refractivity contribution in [2.24, 2.45) is 23.7 Å². The number of carbonyl (C=O) groups is 9. The number of halogens is 1. The first-order chi connectivity index (χ1) is 33.3. The van der Waals surface area contributed by atoms with E-state index in [1.807, 2.05) is 58.0 Å². The van der Waals surface area contributed by atoms with Crippen LogP contribution in [-0.2, 0) is 59.0 Å². The van der Waals surface area contributed by atoms with Crippen LogP contribution in [0.15, 0.2) is 46.3 Å². The average Bonchev–Trinajstić information content (AvgIpc) is 3.82. The largest absolute Gasteiger partial charge is 0.481 e. The molecule has 0 aliphatic rings. The van der Waals surface area contributed by atoms with E-state index in [1.54, 1.807) is 38.1 Å². The van der Waals surface area contributed by atoms with Crippen LogP contribution < -0.4 is 10.6 Å². The van der Waals surface area contributed by atoms with Gasteiger partial charge in [-0.2, -0.15) is 0 Å². The van der Waals surface area contributed by atoms with Crippen molar-refractivity contribution >= 4 is 80.4 Å². The molecule has 0 aliphatic heterocycles. The number of hydrogen-bond donors (Lipinski definition) is 3. The number of ether oxygens (including phenoxy) is 3. The smallest absolute Gasteiger partial charge is 0.307 e. The van der Waals surface area contributed by atoms with Crippen LogP contribution in [-0.4, -0.2) is 132 Å². The third kappa shape index (κ3) is 20.7. The molecule has 0 spiro atoms. The van der Waals surface area contributed by atoms with Crippen molar-refractivity contribution in [1.29, 1.82) is 0 Å². The molecule has 0 fully saturated rings. The molecule has 0 radical (unpaired) electrons. The topological polar surface area (TPSA) is 245 Å². The summed E-state index contributed by atoms with van der Waals surface area (Å²) in [4.78, 5) is 123. The number of hydrogen-bond acceptors (Lipinski definition) is 14. The van der Waals surface area contributed by atoms with Crippen LogP contribution in [0.3, 0.4) is 0 Å². The van der Waals surface area contributed by atoms with E-state index in [4.69, 9.17) is 9.47 Å². The normalized spacial score (nSPS) is 14.2. The highest BCUT2D eigenvalue weighted by atomic mass is 79.9. The standard InChI is InChI=1S/C51H74BrN5O13S/c1-12-32(4)38(28-43(60)51(7,8)57(10)44(61)21-24-69-23-16-19-37(59)27-39(52)46(63)53-22-20-45(62)68-11)49(65)56(9)41(31(2)3)29-42(70-34(6)58)48-55-40(30-71-48)47(64)54-36(25-33(5)50(66)67)26-35-17-14-13-15-18-35/h13-15,17-18,27,30-33,36,38,41-42H,12,16,19-26,28-29H2,1-11H3,(H,53,63)(H,54,64)(H,66,67)/b39-27+/t32-,33?,36+,38-,41+,42+/m0/s1. The second-order valence-electron chi connectivity index (χ2n) is 18.6. The summed E-state index contributed by atoms with van der Waals surface area (Å²) in [6.45, 7) is 14.1. The van der Waals surface area contributed by atoms with Crippen LogP contribution in [0.25, 0.3) is 0 Å². The lowest BCUT2D eigenvalue weighted by Gasteiger charge is -2.39. The summed E-state index contributed by atoms with van der Waals surface area (Å²) >= 11 is 4.20. The van der Waals surface area contributed by atoms with Crippen LogP contribution in [0.1, 0.15) is 134 Å². The molecule has 1 aromatic carbocycles. The zero-order chi connectivity index (χ0) is 53.6. The molecule has 6 atom stereocenters. The first-order valence-electron chi connectivity index (χ1n) is 23.9. The lowest BCUT2D eigenvalue weighted by Crippen LogP contribution is -2.53. The van der Waals surface area contributed by atoms with Crippen molar-refractivity contribution < 1.29 is 62.5 Å². The molecule has 1 aromatic heterocycles. The Hall–Kier alpha value is -5.34. The number of nitrogens with one attached hydrogen (secondary N) is 2. The van der Waals surface area contributed by atoms with Crippen LogP contribution in [0, 0.1) is 23.7 Å². The quantitative estimate of drug-likeness (QED) is 0.0395. The minimum absolute atomic E-state index is 0.0103. The van der Waals surface area contributed by atoms with Crippen molar-refractivity contribution in [2.45, 2.75) is 137 Å². The van der Waals surface area contributed by atoms with Gasteiger partial charge in [-0.1, -0.05) is 71.4 Å². The minimum Gasteiger partial charge on any atom is -0.481 e. The van der Waals surface area contributed by atoms with Gasteiger partial charge >= 0.3 is 17.9 Å². The number of thiazole rings is 1. The number of carboxylic acid groups (broad SMARTS) is 1. The molecule has 1 heterocycles. The minimum atomic E-state index is -1.29. The average molecular weight is 1080 g/mol. The fraction of sp³-hybridized carbons (Fsp3) is 0.608. The van der Waals surface area contributed by atoms with Gasteiger partial charge in [-0.15, -0.1) is 11.3 Å². The van der Waals surface area contributed by atoms with Gasteiger partial charge in [0.2, 0.25) is 11.8 Å². The number of esters is 2. The summed E-state index contributed by atoms with van der Waals surface area (Å²) in [7, 11) is 4.43. The SMILES string of the molecule is CC[C@H](C)[C@H](CC(=O)C(C)(C)N(C)C(=O)CCOCCCC(=O)/C=C(/Br)C(=O)NCCC(=O)OC)C(=O)N(C)[C@H](C[C@@H](OC(C)=O)c1nc(C(=O)N[C@@H](Cc2ccccc2)CC(C)C(=O)O)cs1)C(C)C. The summed E-state index contributed by atoms with van der Waals surface area (Å²) < 4.78 is 15.9. The van der Waals surface area contributed by atoms with Gasteiger partial charge in [0.05, 0.1) is 42.5 Å². The number of carbonyl (C=O) groups excluding carboxylic acids is 8. The molecule has 0 bridgehead atoms. The third-order valence-electron chi connectivity index (χ3n) is 12.6. The summed E-state index contributed by atoms with van der Waals surface area (Å²) in [5.41, 5.74) is -0.289. The van der Waals surface area contributed by atoms with Crippen LogP contribution in [0.5, 0.6) is 0 Å². The summed E-state index contributed by atoms with van der Waals surface area (Å²) in [5, 5.41) is 16.9. The molecule has 1 unspecified atom stereocenters. The van der Waals surface area contributed by atoms with Crippen LogP contribution >= 0.6 is 27.3 Å². The number of likely N-dealkylation sites (N-methyl/N-ethyl adjacent to an activating group) is 1. The zero-order valence-electron chi connectivity index (χ0n) is 43.0. The van der Waals surface area contributed by atoms with Gasteiger partial charge in [0, 0.05) is 82.9 Å². The second-order valence-corrected chi connectivity index (χ2v) is 20.4. The van der Waals surface area contributed by atoms with Gasteiger partial charge in [0.15, 0.2) is 17.7 Å². The number of rotatable bonds is 32. The van der Waals surface area contributed by atoms with Gasteiger partial charge in [0.25, 0.3) is 11.8 Å². The Balaban J connectivity index is 2.12. The zero-order valence-corrected chi connectivity index (χ0v) is 45.4. The molecular formula is C51H74BrN5O13S. The molecule has 4 amide bonds. The molecule has 18 nitrogen and oxygen atoms in total. The number of methoxy groups -OCH3 is 1. The Morgan fingerprint density at radius 2 is 1.61 bits per heavy atom. The number of nitrogens with zero attached hydrogens (tertiary/aromatic N) is 3. The molecule has 0 saturated heterocycles. The Kier molecular flexibility index (Phi) is 26.6. The van der Waals surface area contributed by atoms with E-state index in [0.29, 0.717) is 24.3 Å². The van der Waals surface area contributed by atoms with Crippen LogP contribution in [0.2, 0.25) is 0 Å². The summed E-state index contributed by atoms with van der Waals surface area (Å²) in [6.07, 6.45) is 1.74. The van der Waals surface area contributed by atoms with E-state index in [-0.39, 0.29) is 104 Å². The number of carboxylic acids is 1. The summed E-state index contributed by atoms with van der Waals surface area (Å²) in [6, 6.07) is 8.39. The lowest BCUT2D eigenvalue weighted by molar-refractivity contribution is -0.150. The maximum atomic E-state index is 14.6. The molecule has 394 valence electrons. The first-order valence-corrected chi connectivity index (χ1v) is 25.6.